The number of benzene rings is 2. The monoisotopic (exact) mass is 471 g/mol. The van der Waals surface area contributed by atoms with Crippen molar-refractivity contribution in [2.24, 2.45) is 0 Å². The number of hydrogen-bond donors (Lipinski definition) is 0. The van der Waals surface area contributed by atoms with Crippen LogP contribution < -0.4 is 14.4 Å². The van der Waals surface area contributed by atoms with Gasteiger partial charge >= 0.3 is 5.97 Å². The maximum atomic E-state index is 13.0. The Balaban J connectivity index is 1.55. The number of thioether (sulfide) groups is 1. The molecule has 1 aliphatic heterocycles. The van der Waals surface area contributed by atoms with Crippen LogP contribution in [-0.2, 0) is 4.79 Å². The van der Waals surface area contributed by atoms with Gasteiger partial charge in [0.15, 0.2) is 4.32 Å². The van der Waals surface area contributed by atoms with Gasteiger partial charge in [-0.25, -0.2) is 4.79 Å². The van der Waals surface area contributed by atoms with Crippen molar-refractivity contribution in [3.63, 3.8) is 0 Å². The van der Waals surface area contributed by atoms with Crippen molar-refractivity contribution in [3.8, 4) is 11.5 Å². The minimum atomic E-state index is -0.607. The zero-order valence-corrected chi connectivity index (χ0v) is 18.4. The van der Waals surface area contributed by atoms with E-state index in [1.54, 1.807) is 54.6 Å². The summed E-state index contributed by atoms with van der Waals surface area (Å²) in [5, 5.41) is 0.379. The van der Waals surface area contributed by atoms with E-state index in [0.29, 0.717) is 37.0 Å². The van der Waals surface area contributed by atoms with E-state index < -0.39 is 5.97 Å². The number of hydrogen-bond acceptors (Lipinski definition) is 7. The van der Waals surface area contributed by atoms with E-state index in [-0.39, 0.29) is 11.7 Å². The van der Waals surface area contributed by atoms with Crippen molar-refractivity contribution in [1.29, 1.82) is 0 Å². The molecular formula is C22H14ClNO5S2. The Morgan fingerprint density at radius 1 is 1.19 bits per heavy atom. The van der Waals surface area contributed by atoms with Gasteiger partial charge in [0.25, 0.3) is 5.91 Å². The van der Waals surface area contributed by atoms with Crippen LogP contribution in [0.15, 0.2) is 70.2 Å². The predicted octanol–water partition coefficient (Wildman–Crippen LogP) is 5.57. The molecule has 1 amide bonds. The molecule has 0 bridgehead atoms. The maximum Gasteiger partial charge on any atom is 0.379 e. The van der Waals surface area contributed by atoms with Gasteiger partial charge in [-0.1, -0.05) is 47.7 Å². The largest absolute Gasteiger partial charge is 0.495 e. The number of carbonyl (C=O) groups excluding carboxylic acids is 2. The third-order valence-corrected chi connectivity index (χ3v) is 5.87. The van der Waals surface area contributed by atoms with Crippen LogP contribution in [0.1, 0.15) is 16.1 Å². The molecule has 31 heavy (non-hydrogen) atoms. The Morgan fingerprint density at radius 2 is 2.03 bits per heavy atom. The van der Waals surface area contributed by atoms with E-state index in [1.165, 1.54) is 36.1 Å². The van der Waals surface area contributed by atoms with E-state index in [2.05, 4.69) is 0 Å². The highest BCUT2D eigenvalue weighted by molar-refractivity contribution is 8.27. The number of furan rings is 1. The summed E-state index contributed by atoms with van der Waals surface area (Å²) in [6, 6.07) is 14.9. The first kappa shape index (κ1) is 21.2. The molecule has 1 fully saturated rings. The standard InChI is InChI=1S/C22H14ClNO5S2/c1-27-17-8-7-14(12-16(17)23)24-20(25)19(31-22(24)30)11-13-4-2-5-15(10-13)29-21(26)18-6-3-9-28-18/h2-12H,1H3/b19-11-. The minimum absolute atomic E-state index is 0.101. The number of methoxy groups -OCH3 is 1. The molecule has 0 radical (unpaired) electrons. The average Bonchev–Trinajstić information content (AvgIpc) is 3.37. The molecule has 9 heteroatoms. The maximum absolute atomic E-state index is 13.0. The van der Waals surface area contributed by atoms with Gasteiger partial charge in [0.2, 0.25) is 5.76 Å². The van der Waals surface area contributed by atoms with E-state index in [1.807, 2.05) is 0 Å². The molecule has 0 N–H and O–H groups in total. The normalized spacial score (nSPS) is 14.9. The van der Waals surface area contributed by atoms with Gasteiger partial charge in [-0.2, -0.15) is 0 Å². The number of amides is 1. The van der Waals surface area contributed by atoms with Crippen molar-refractivity contribution in [2.45, 2.75) is 0 Å². The zero-order chi connectivity index (χ0) is 22.0. The average molecular weight is 472 g/mol. The van der Waals surface area contributed by atoms with Gasteiger partial charge < -0.3 is 13.9 Å². The smallest absolute Gasteiger partial charge is 0.379 e. The second kappa shape index (κ2) is 8.97. The summed E-state index contributed by atoms with van der Waals surface area (Å²) in [7, 11) is 1.52. The van der Waals surface area contributed by atoms with E-state index in [4.69, 9.17) is 37.7 Å². The van der Waals surface area contributed by atoms with Crippen molar-refractivity contribution < 1.29 is 23.5 Å². The Hall–Kier alpha value is -3.07. The lowest BCUT2D eigenvalue weighted by Crippen LogP contribution is -2.27. The van der Waals surface area contributed by atoms with Gasteiger partial charge in [0.05, 0.1) is 29.0 Å². The SMILES string of the molecule is COc1ccc(N2C(=O)/C(=C/c3cccc(OC(=O)c4ccco4)c3)SC2=S)cc1Cl. The summed E-state index contributed by atoms with van der Waals surface area (Å²) in [6.07, 6.45) is 3.08. The second-order valence-electron chi connectivity index (χ2n) is 6.28. The molecule has 1 aromatic heterocycles. The molecule has 6 nitrogen and oxygen atoms in total. The summed E-state index contributed by atoms with van der Waals surface area (Å²) in [6.45, 7) is 0. The first-order valence-corrected chi connectivity index (χ1v) is 10.5. The van der Waals surface area contributed by atoms with Crippen molar-refractivity contribution in [2.75, 3.05) is 12.0 Å². The van der Waals surface area contributed by atoms with Crippen LogP contribution in [0.25, 0.3) is 6.08 Å². The molecule has 1 aliphatic rings. The fraction of sp³-hybridized carbons (Fsp3) is 0.0455. The lowest BCUT2D eigenvalue weighted by molar-refractivity contribution is -0.113. The van der Waals surface area contributed by atoms with Crippen LogP contribution in [0.4, 0.5) is 5.69 Å². The predicted molar refractivity (Wildman–Crippen MR) is 124 cm³/mol. The van der Waals surface area contributed by atoms with Gasteiger partial charge in [-0.05, 0) is 54.1 Å². The molecular weight excluding hydrogens is 458 g/mol. The van der Waals surface area contributed by atoms with Gasteiger partial charge in [-0.15, -0.1) is 0 Å². The fourth-order valence-electron chi connectivity index (χ4n) is 2.86. The van der Waals surface area contributed by atoms with Crippen molar-refractivity contribution >= 4 is 63.5 Å². The van der Waals surface area contributed by atoms with Gasteiger partial charge in [0, 0.05) is 0 Å². The fourth-order valence-corrected chi connectivity index (χ4v) is 4.41. The lowest BCUT2D eigenvalue weighted by Gasteiger charge is -2.15. The molecule has 4 rings (SSSR count). The molecule has 0 saturated carbocycles. The van der Waals surface area contributed by atoms with Crippen LogP contribution in [-0.4, -0.2) is 23.3 Å². The van der Waals surface area contributed by atoms with Gasteiger partial charge in [0.1, 0.15) is 11.5 Å². The number of anilines is 1. The van der Waals surface area contributed by atoms with E-state index in [0.717, 1.165) is 0 Å². The van der Waals surface area contributed by atoms with Crippen molar-refractivity contribution in [3.05, 3.63) is 82.1 Å². The molecule has 0 aliphatic carbocycles. The zero-order valence-electron chi connectivity index (χ0n) is 16.0. The molecule has 0 unspecified atom stereocenters. The molecule has 156 valence electrons. The lowest BCUT2D eigenvalue weighted by atomic mass is 10.2. The molecule has 0 spiro atoms. The second-order valence-corrected chi connectivity index (χ2v) is 8.36. The van der Waals surface area contributed by atoms with E-state index in [9.17, 15) is 9.59 Å². The topological polar surface area (TPSA) is 69.0 Å². The summed E-state index contributed by atoms with van der Waals surface area (Å²) in [5.74, 6) is 0.0587. The molecule has 3 aromatic rings. The Kier molecular flexibility index (Phi) is 6.13. The highest BCUT2D eigenvalue weighted by Crippen LogP contribution is 2.38. The quantitative estimate of drug-likeness (QED) is 0.208. The van der Waals surface area contributed by atoms with E-state index >= 15 is 0 Å². The van der Waals surface area contributed by atoms with Crippen LogP contribution >= 0.6 is 35.6 Å². The van der Waals surface area contributed by atoms with Gasteiger partial charge in [-0.3, -0.25) is 9.69 Å². The Bertz CT molecular complexity index is 1210. The molecule has 0 atom stereocenters. The number of esters is 1. The highest BCUT2D eigenvalue weighted by Gasteiger charge is 2.33. The third kappa shape index (κ3) is 4.51. The number of ether oxygens (including phenoxy) is 2. The van der Waals surface area contributed by atoms with Crippen molar-refractivity contribution in [1.82, 2.24) is 0 Å². The number of thiocarbonyl (C=S) groups is 1. The van der Waals surface area contributed by atoms with Crippen LogP contribution in [0.3, 0.4) is 0 Å². The first-order chi connectivity index (χ1) is 15.0. The minimum Gasteiger partial charge on any atom is -0.495 e. The highest BCUT2D eigenvalue weighted by atomic mass is 35.5. The summed E-state index contributed by atoms with van der Waals surface area (Å²) in [4.78, 5) is 26.9. The third-order valence-electron chi connectivity index (χ3n) is 4.28. The number of halogens is 1. The Labute approximate surface area is 192 Å². The Morgan fingerprint density at radius 3 is 2.74 bits per heavy atom. The number of nitrogens with zero attached hydrogens (tertiary/aromatic N) is 1. The summed E-state index contributed by atoms with van der Waals surface area (Å²) < 4.78 is 15.9. The molecule has 1 saturated heterocycles. The number of carbonyl (C=O) groups is 2. The summed E-state index contributed by atoms with van der Waals surface area (Å²) in [5.41, 5.74) is 1.23. The molecule has 2 aromatic carbocycles. The van der Waals surface area contributed by atoms with Crippen LogP contribution in [0.2, 0.25) is 5.02 Å². The molecule has 2 heterocycles. The van der Waals surface area contributed by atoms with Crippen LogP contribution in [0, 0.1) is 0 Å². The first-order valence-electron chi connectivity index (χ1n) is 8.93. The number of rotatable bonds is 5. The summed E-state index contributed by atoms with van der Waals surface area (Å²) >= 11 is 12.8. The van der Waals surface area contributed by atoms with Crippen LogP contribution in [0.5, 0.6) is 11.5 Å².